The number of rotatable bonds is 3. The second-order valence-electron chi connectivity index (χ2n) is 6.28. The molecule has 2 fully saturated rings. The lowest BCUT2D eigenvalue weighted by molar-refractivity contribution is -0.135. The fourth-order valence-electron chi connectivity index (χ4n) is 2.95. The summed E-state index contributed by atoms with van der Waals surface area (Å²) < 4.78 is 0. The third kappa shape index (κ3) is 3.56. The summed E-state index contributed by atoms with van der Waals surface area (Å²) in [7, 11) is 0. The fraction of sp³-hybridized carbons (Fsp3) is 0.800. The van der Waals surface area contributed by atoms with Crippen molar-refractivity contribution in [2.45, 2.75) is 32.6 Å². The smallest absolute Gasteiger partial charge is 0.225 e. The van der Waals surface area contributed by atoms with Crippen LogP contribution in [0, 0.1) is 5.92 Å². The van der Waals surface area contributed by atoms with E-state index in [2.05, 4.69) is 33.8 Å². The minimum atomic E-state index is 0.205. The molecule has 0 aliphatic carbocycles. The van der Waals surface area contributed by atoms with Gasteiger partial charge in [0.05, 0.1) is 0 Å². The normalized spacial score (nSPS) is 20.7. The molecule has 0 unspecified atom stereocenters. The summed E-state index contributed by atoms with van der Waals surface area (Å²) >= 11 is 3.64. The summed E-state index contributed by atoms with van der Waals surface area (Å²) in [6.45, 7) is 7.99. The second kappa shape index (κ2) is 7.17. The van der Waals surface area contributed by atoms with Gasteiger partial charge in [-0.15, -0.1) is 10.2 Å². The Morgan fingerprint density at radius 1 is 1.14 bits per heavy atom. The van der Waals surface area contributed by atoms with E-state index in [4.69, 9.17) is 0 Å². The van der Waals surface area contributed by atoms with Crippen molar-refractivity contribution < 1.29 is 4.79 Å². The second-order valence-corrected chi connectivity index (χ2v) is 8.49. The SMILES string of the molecule is CC(C)c1nnc(N2CCC(C(=O)N3CCSCC3)CC2)s1. The van der Waals surface area contributed by atoms with Crippen LogP contribution in [0.25, 0.3) is 0 Å². The van der Waals surface area contributed by atoms with E-state index >= 15 is 0 Å². The van der Waals surface area contributed by atoms with Gasteiger partial charge in [0.15, 0.2) is 0 Å². The van der Waals surface area contributed by atoms with Crippen LogP contribution in [0.3, 0.4) is 0 Å². The van der Waals surface area contributed by atoms with Crippen LogP contribution in [-0.4, -0.2) is 58.7 Å². The van der Waals surface area contributed by atoms with Crippen molar-refractivity contribution in [2.24, 2.45) is 5.92 Å². The summed E-state index contributed by atoms with van der Waals surface area (Å²) in [5, 5.41) is 10.7. The lowest BCUT2D eigenvalue weighted by Gasteiger charge is -2.35. The molecule has 1 aromatic heterocycles. The highest BCUT2D eigenvalue weighted by atomic mass is 32.2. The molecule has 1 amide bonds. The van der Waals surface area contributed by atoms with Crippen molar-refractivity contribution in [3.8, 4) is 0 Å². The predicted molar refractivity (Wildman–Crippen MR) is 92.8 cm³/mol. The summed E-state index contributed by atoms with van der Waals surface area (Å²) in [5.74, 6) is 3.19. The number of thioether (sulfide) groups is 1. The van der Waals surface area contributed by atoms with Gasteiger partial charge in [-0.05, 0) is 12.8 Å². The van der Waals surface area contributed by atoms with Crippen molar-refractivity contribution in [3.63, 3.8) is 0 Å². The molecule has 0 radical (unpaired) electrons. The molecule has 2 saturated heterocycles. The van der Waals surface area contributed by atoms with Gasteiger partial charge in [0.1, 0.15) is 5.01 Å². The fourth-order valence-corrected chi connectivity index (χ4v) is 4.75. The molecule has 0 saturated carbocycles. The number of piperidine rings is 1. The minimum absolute atomic E-state index is 0.205. The monoisotopic (exact) mass is 340 g/mol. The average molecular weight is 341 g/mol. The molecule has 7 heteroatoms. The number of anilines is 1. The molecule has 2 aliphatic heterocycles. The number of hydrogen-bond donors (Lipinski definition) is 0. The third-order valence-electron chi connectivity index (χ3n) is 4.36. The van der Waals surface area contributed by atoms with Crippen LogP contribution in [-0.2, 0) is 4.79 Å². The van der Waals surface area contributed by atoms with Crippen molar-refractivity contribution in [1.82, 2.24) is 15.1 Å². The average Bonchev–Trinajstić information content (AvgIpc) is 3.05. The van der Waals surface area contributed by atoms with Crippen molar-refractivity contribution in [2.75, 3.05) is 42.6 Å². The maximum atomic E-state index is 12.6. The number of nitrogens with zero attached hydrogens (tertiary/aromatic N) is 4. The Hall–Kier alpha value is -0.820. The molecular formula is C15H24N4OS2. The van der Waals surface area contributed by atoms with Crippen LogP contribution in [0.5, 0.6) is 0 Å². The number of carbonyl (C=O) groups is 1. The van der Waals surface area contributed by atoms with Gasteiger partial charge in [-0.2, -0.15) is 11.8 Å². The van der Waals surface area contributed by atoms with Crippen molar-refractivity contribution in [3.05, 3.63) is 5.01 Å². The first kappa shape index (κ1) is 16.1. The van der Waals surface area contributed by atoms with Gasteiger partial charge in [-0.25, -0.2) is 0 Å². The van der Waals surface area contributed by atoms with E-state index in [1.807, 2.05) is 11.8 Å². The zero-order valence-electron chi connectivity index (χ0n) is 13.3. The maximum absolute atomic E-state index is 12.6. The summed E-state index contributed by atoms with van der Waals surface area (Å²) in [6, 6.07) is 0. The highest BCUT2D eigenvalue weighted by molar-refractivity contribution is 7.99. The maximum Gasteiger partial charge on any atom is 0.225 e. The summed E-state index contributed by atoms with van der Waals surface area (Å²) in [6.07, 6.45) is 1.89. The lowest BCUT2D eigenvalue weighted by atomic mass is 9.95. The van der Waals surface area contributed by atoms with Crippen LogP contribution in [0.2, 0.25) is 0 Å². The van der Waals surface area contributed by atoms with E-state index < -0.39 is 0 Å². The number of carbonyl (C=O) groups excluding carboxylic acids is 1. The molecular weight excluding hydrogens is 316 g/mol. The van der Waals surface area contributed by atoms with Crippen molar-refractivity contribution >= 4 is 34.1 Å². The van der Waals surface area contributed by atoms with Gasteiger partial charge >= 0.3 is 0 Å². The summed E-state index contributed by atoms with van der Waals surface area (Å²) in [4.78, 5) is 16.9. The van der Waals surface area contributed by atoms with Crippen LogP contribution in [0.4, 0.5) is 5.13 Å². The molecule has 3 heterocycles. The largest absolute Gasteiger partial charge is 0.347 e. The van der Waals surface area contributed by atoms with E-state index in [9.17, 15) is 4.79 Å². The molecule has 22 heavy (non-hydrogen) atoms. The van der Waals surface area contributed by atoms with Crippen LogP contribution in [0.1, 0.15) is 37.6 Å². The molecule has 2 aliphatic rings. The minimum Gasteiger partial charge on any atom is -0.347 e. The van der Waals surface area contributed by atoms with E-state index in [1.54, 1.807) is 11.3 Å². The van der Waals surface area contributed by atoms with E-state index in [1.165, 1.54) is 0 Å². The molecule has 0 bridgehead atoms. The van der Waals surface area contributed by atoms with Gasteiger partial charge in [0.25, 0.3) is 0 Å². The molecule has 5 nitrogen and oxygen atoms in total. The number of amides is 1. The predicted octanol–water partition coefficient (Wildman–Crippen LogP) is 2.45. The van der Waals surface area contributed by atoms with Gasteiger partial charge in [-0.3, -0.25) is 4.79 Å². The lowest BCUT2D eigenvalue weighted by Crippen LogP contribution is -2.45. The van der Waals surface area contributed by atoms with Gasteiger partial charge in [0, 0.05) is 49.5 Å². The van der Waals surface area contributed by atoms with Gasteiger partial charge < -0.3 is 9.80 Å². The van der Waals surface area contributed by atoms with Crippen LogP contribution < -0.4 is 4.90 Å². The molecule has 0 atom stereocenters. The first-order chi connectivity index (χ1) is 10.6. The van der Waals surface area contributed by atoms with E-state index in [-0.39, 0.29) is 5.92 Å². The molecule has 1 aromatic rings. The van der Waals surface area contributed by atoms with Crippen LogP contribution in [0.15, 0.2) is 0 Å². The standard InChI is InChI=1S/C15H24N4OS2/c1-11(2)13-16-17-15(22-13)19-5-3-12(4-6-19)14(20)18-7-9-21-10-8-18/h11-12H,3-10H2,1-2H3. The highest BCUT2D eigenvalue weighted by Gasteiger charge is 2.30. The van der Waals surface area contributed by atoms with Gasteiger partial charge in [-0.1, -0.05) is 25.2 Å². The van der Waals surface area contributed by atoms with E-state index in [0.29, 0.717) is 11.8 Å². The van der Waals surface area contributed by atoms with Crippen molar-refractivity contribution in [1.29, 1.82) is 0 Å². The molecule has 122 valence electrons. The highest BCUT2D eigenvalue weighted by Crippen LogP contribution is 2.29. The Kier molecular flexibility index (Phi) is 5.23. The quantitative estimate of drug-likeness (QED) is 0.846. The molecule has 3 rings (SSSR count). The molecule has 0 aromatic carbocycles. The number of hydrogen-bond acceptors (Lipinski definition) is 6. The van der Waals surface area contributed by atoms with E-state index in [0.717, 1.165) is 60.7 Å². The first-order valence-corrected chi connectivity index (χ1v) is 10.1. The molecule has 0 N–H and O–H groups in total. The zero-order chi connectivity index (χ0) is 15.5. The Morgan fingerprint density at radius 3 is 2.41 bits per heavy atom. The number of aromatic nitrogens is 2. The molecule has 0 spiro atoms. The van der Waals surface area contributed by atoms with Gasteiger partial charge in [0.2, 0.25) is 11.0 Å². The Morgan fingerprint density at radius 2 is 1.82 bits per heavy atom. The van der Waals surface area contributed by atoms with Crippen LogP contribution >= 0.6 is 23.1 Å². The zero-order valence-corrected chi connectivity index (χ0v) is 15.0. The Labute approximate surface area is 140 Å². The topological polar surface area (TPSA) is 49.3 Å². The Bertz CT molecular complexity index is 505. The third-order valence-corrected chi connectivity index (χ3v) is 6.59. The Balaban J connectivity index is 1.54. The first-order valence-electron chi connectivity index (χ1n) is 8.10. The summed E-state index contributed by atoms with van der Waals surface area (Å²) in [5.41, 5.74) is 0.